The van der Waals surface area contributed by atoms with Gasteiger partial charge in [-0.25, -0.2) is 4.98 Å². The fraction of sp³-hybridized carbons (Fsp3) is 0.476. The number of anilines is 2. The zero-order valence-electron chi connectivity index (χ0n) is 17.7. The van der Waals surface area contributed by atoms with Crippen molar-refractivity contribution < 1.29 is 9.16 Å². The van der Waals surface area contributed by atoms with Gasteiger partial charge in [-0.15, -0.1) is 0 Å². The predicted octanol–water partition coefficient (Wildman–Crippen LogP) is 6.73. The van der Waals surface area contributed by atoms with E-state index in [1.54, 1.807) is 7.11 Å². The average molecular weight is 451 g/mol. The molecule has 0 bridgehead atoms. The second kappa shape index (κ2) is 8.33. The molecule has 4 nitrogen and oxygen atoms in total. The van der Waals surface area contributed by atoms with Gasteiger partial charge in [0.15, 0.2) is 8.32 Å². The molecule has 0 amide bonds. The molecule has 0 aliphatic heterocycles. The number of hydrogen-bond donors (Lipinski definition) is 1. The number of rotatable bonds is 6. The van der Waals surface area contributed by atoms with E-state index in [9.17, 15) is 0 Å². The summed E-state index contributed by atoms with van der Waals surface area (Å²) in [4.78, 5) is 4.52. The third-order valence-electron chi connectivity index (χ3n) is 5.45. The van der Waals surface area contributed by atoms with Crippen LogP contribution >= 0.6 is 15.9 Å². The molecule has 6 heteroatoms. The van der Waals surface area contributed by atoms with E-state index in [0.717, 1.165) is 38.4 Å². The van der Waals surface area contributed by atoms with Crippen molar-refractivity contribution >= 4 is 35.8 Å². The molecule has 2 rings (SSSR count). The van der Waals surface area contributed by atoms with Gasteiger partial charge >= 0.3 is 0 Å². The maximum atomic E-state index is 6.38. The van der Waals surface area contributed by atoms with E-state index in [4.69, 9.17) is 9.16 Å². The summed E-state index contributed by atoms with van der Waals surface area (Å²) in [6, 6.07) is 6.04. The minimum absolute atomic E-state index is 0.183. The number of pyridine rings is 1. The molecule has 0 spiro atoms. The van der Waals surface area contributed by atoms with Crippen molar-refractivity contribution in [1.82, 2.24) is 4.98 Å². The summed E-state index contributed by atoms with van der Waals surface area (Å²) in [5.74, 6) is 1.64. The number of aryl methyl sites for hydroxylation is 1. The number of benzene rings is 1. The Bertz CT molecular complexity index is 817. The maximum absolute atomic E-state index is 6.38. The summed E-state index contributed by atoms with van der Waals surface area (Å²) in [7, 11) is -0.122. The molecule has 0 aliphatic rings. The molecule has 2 aromatic rings. The Balaban J connectivity index is 2.28. The van der Waals surface area contributed by atoms with Crippen LogP contribution in [0.4, 0.5) is 11.5 Å². The molecule has 1 N–H and O–H groups in total. The first-order valence-corrected chi connectivity index (χ1v) is 12.9. The number of methoxy groups -OCH3 is 1. The summed E-state index contributed by atoms with van der Waals surface area (Å²) in [6.07, 6.45) is 1.82. The Labute approximate surface area is 173 Å². The summed E-state index contributed by atoms with van der Waals surface area (Å²) in [5.41, 5.74) is 4.32. The molecule has 1 aromatic heterocycles. The molecule has 0 atom stereocenters. The quantitative estimate of drug-likeness (QED) is 0.494. The van der Waals surface area contributed by atoms with E-state index >= 15 is 0 Å². The number of aromatic nitrogens is 1. The van der Waals surface area contributed by atoms with Gasteiger partial charge in [0.1, 0.15) is 11.6 Å². The first-order valence-electron chi connectivity index (χ1n) is 9.16. The van der Waals surface area contributed by atoms with E-state index in [0.29, 0.717) is 6.61 Å². The highest BCUT2D eigenvalue weighted by Gasteiger charge is 2.37. The summed E-state index contributed by atoms with van der Waals surface area (Å²) in [5, 5.41) is 3.65. The number of nitrogens with zero attached hydrogens (tertiary/aromatic N) is 1. The molecule has 0 saturated heterocycles. The molecular formula is C21H31BrN2O2Si. The molecule has 27 heavy (non-hydrogen) atoms. The van der Waals surface area contributed by atoms with Crippen molar-refractivity contribution in [2.45, 2.75) is 59.4 Å². The number of ether oxygens (including phenoxy) is 1. The Morgan fingerprint density at radius 2 is 1.81 bits per heavy atom. The van der Waals surface area contributed by atoms with Gasteiger partial charge in [0, 0.05) is 17.4 Å². The van der Waals surface area contributed by atoms with Crippen LogP contribution in [0, 0.1) is 13.8 Å². The largest absolute Gasteiger partial charge is 0.496 e. The Morgan fingerprint density at radius 3 is 2.41 bits per heavy atom. The van der Waals surface area contributed by atoms with Crippen LogP contribution in [-0.4, -0.2) is 20.4 Å². The van der Waals surface area contributed by atoms with Crippen LogP contribution in [0.25, 0.3) is 0 Å². The third-order valence-corrected chi connectivity index (χ3v) is 10.8. The van der Waals surface area contributed by atoms with Gasteiger partial charge in [0.2, 0.25) is 0 Å². The smallest absolute Gasteiger partial charge is 0.192 e. The second-order valence-electron chi connectivity index (χ2n) is 8.39. The van der Waals surface area contributed by atoms with E-state index < -0.39 is 8.32 Å². The standard InChI is InChI=1S/C21H31BrN2O2Si/c1-14-9-10-17(25-6)15(2)19(14)24-20-18(22)16(11-12-23-20)13-26-27(7,8)21(3,4)5/h9-12H,13H2,1-8H3,(H,23,24). The van der Waals surface area contributed by atoms with Gasteiger partial charge in [-0.2, -0.15) is 0 Å². The van der Waals surface area contributed by atoms with Crippen molar-refractivity contribution in [3.63, 3.8) is 0 Å². The van der Waals surface area contributed by atoms with Crippen LogP contribution in [0.2, 0.25) is 18.1 Å². The number of halogens is 1. The van der Waals surface area contributed by atoms with Gasteiger partial charge in [0.05, 0.1) is 18.2 Å². The molecule has 1 aromatic carbocycles. The molecule has 0 radical (unpaired) electrons. The summed E-state index contributed by atoms with van der Waals surface area (Å²) >= 11 is 3.72. The van der Waals surface area contributed by atoms with Crippen molar-refractivity contribution in [1.29, 1.82) is 0 Å². The molecular weight excluding hydrogens is 420 g/mol. The lowest BCUT2D eigenvalue weighted by Crippen LogP contribution is -2.40. The lowest BCUT2D eigenvalue weighted by atomic mass is 10.1. The highest BCUT2D eigenvalue weighted by atomic mass is 79.9. The zero-order chi connectivity index (χ0) is 20.4. The average Bonchev–Trinajstić information content (AvgIpc) is 2.58. The van der Waals surface area contributed by atoms with Crippen molar-refractivity contribution in [2.24, 2.45) is 0 Å². The normalized spacial score (nSPS) is 12.2. The van der Waals surface area contributed by atoms with Gasteiger partial charge in [-0.05, 0) is 71.2 Å². The first-order chi connectivity index (χ1) is 12.5. The molecule has 0 unspecified atom stereocenters. The second-order valence-corrected chi connectivity index (χ2v) is 14.0. The maximum Gasteiger partial charge on any atom is 0.192 e. The fourth-order valence-electron chi connectivity index (χ4n) is 2.52. The highest BCUT2D eigenvalue weighted by Crippen LogP contribution is 2.38. The molecule has 0 fully saturated rings. The minimum atomic E-state index is -1.81. The van der Waals surface area contributed by atoms with Crippen molar-refractivity contribution in [3.8, 4) is 5.75 Å². The van der Waals surface area contributed by atoms with Crippen LogP contribution in [0.1, 0.15) is 37.5 Å². The molecule has 1 heterocycles. The summed E-state index contributed by atoms with van der Waals surface area (Å²) < 4.78 is 12.8. The van der Waals surface area contributed by atoms with E-state index in [1.165, 1.54) is 0 Å². The monoisotopic (exact) mass is 450 g/mol. The number of nitrogens with one attached hydrogen (secondary N) is 1. The SMILES string of the molecule is COc1ccc(C)c(Nc2nccc(CO[Si](C)(C)C(C)(C)C)c2Br)c1C. The van der Waals surface area contributed by atoms with E-state index in [-0.39, 0.29) is 5.04 Å². The topological polar surface area (TPSA) is 43.4 Å². The summed E-state index contributed by atoms with van der Waals surface area (Å²) in [6.45, 7) is 16.0. The van der Waals surface area contributed by atoms with Crippen LogP contribution in [0.3, 0.4) is 0 Å². The van der Waals surface area contributed by atoms with Crippen molar-refractivity contribution in [3.05, 3.63) is 45.6 Å². The van der Waals surface area contributed by atoms with Gasteiger partial charge in [0.25, 0.3) is 0 Å². The lowest BCUT2D eigenvalue weighted by molar-refractivity contribution is 0.275. The Morgan fingerprint density at radius 1 is 1.15 bits per heavy atom. The van der Waals surface area contributed by atoms with Crippen molar-refractivity contribution in [2.75, 3.05) is 12.4 Å². The zero-order valence-corrected chi connectivity index (χ0v) is 20.2. The molecule has 0 aliphatic carbocycles. The van der Waals surface area contributed by atoms with Crippen LogP contribution in [0.15, 0.2) is 28.9 Å². The van der Waals surface area contributed by atoms with E-state index in [2.05, 4.69) is 67.0 Å². The highest BCUT2D eigenvalue weighted by molar-refractivity contribution is 9.10. The van der Waals surface area contributed by atoms with Gasteiger partial charge in [-0.1, -0.05) is 26.8 Å². The van der Waals surface area contributed by atoms with Gasteiger partial charge in [-0.3, -0.25) is 0 Å². The van der Waals surface area contributed by atoms with Crippen LogP contribution < -0.4 is 10.1 Å². The Hall–Kier alpha value is -1.37. The Kier molecular flexibility index (Phi) is 6.76. The fourth-order valence-corrected chi connectivity index (χ4v) is 3.91. The van der Waals surface area contributed by atoms with Gasteiger partial charge < -0.3 is 14.5 Å². The third kappa shape index (κ3) is 4.92. The first kappa shape index (κ1) is 21.9. The number of hydrogen-bond acceptors (Lipinski definition) is 4. The lowest BCUT2D eigenvalue weighted by Gasteiger charge is -2.36. The molecule has 148 valence electrons. The van der Waals surface area contributed by atoms with E-state index in [1.807, 2.05) is 31.3 Å². The molecule has 0 saturated carbocycles. The van der Waals surface area contributed by atoms with Crippen LogP contribution in [0.5, 0.6) is 5.75 Å². The minimum Gasteiger partial charge on any atom is -0.496 e. The predicted molar refractivity (Wildman–Crippen MR) is 120 cm³/mol. The van der Waals surface area contributed by atoms with Crippen LogP contribution in [-0.2, 0) is 11.0 Å².